The fourth-order valence-corrected chi connectivity index (χ4v) is 1.79. The van der Waals surface area contributed by atoms with Gasteiger partial charge in [0.15, 0.2) is 0 Å². The lowest BCUT2D eigenvalue weighted by Gasteiger charge is -2.14. The Balaban J connectivity index is 1.89. The van der Waals surface area contributed by atoms with Gasteiger partial charge in [-0.2, -0.15) is 0 Å². The van der Waals surface area contributed by atoms with Crippen molar-refractivity contribution in [2.45, 2.75) is 31.8 Å². The average Bonchev–Trinajstić information content (AvgIpc) is 3.14. The molecule has 2 rings (SSSR count). The number of hydrogen-bond donors (Lipinski definition) is 2. The van der Waals surface area contributed by atoms with Crippen LogP contribution in [-0.4, -0.2) is 31.7 Å². The molecule has 18 heavy (non-hydrogen) atoms. The third-order valence-electron chi connectivity index (χ3n) is 2.89. The molecular weight excluding hydrogens is 228 g/mol. The molecule has 4 heteroatoms. The van der Waals surface area contributed by atoms with Crippen molar-refractivity contribution in [2.75, 3.05) is 19.0 Å². The van der Waals surface area contributed by atoms with Gasteiger partial charge in [0.25, 0.3) is 5.91 Å². The minimum Gasteiger partial charge on any atom is -0.383 e. The smallest absolute Gasteiger partial charge is 0.251 e. The summed E-state index contributed by atoms with van der Waals surface area (Å²) in [4.78, 5) is 11.8. The lowest BCUT2D eigenvalue weighted by atomic mass is 10.2. The van der Waals surface area contributed by atoms with Crippen LogP contribution in [0.5, 0.6) is 0 Å². The van der Waals surface area contributed by atoms with Gasteiger partial charge in [-0.25, -0.2) is 0 Å². The second-order valence-electron chi connectivity index (χ2n) is 4.83. The molecular formula is C14H20N2O2. The van der Waals surface area contributed by atoms with Crippen LogP contribution in [0.1, 0.15) is 30.1 Å². The number of benzene rings is 1. The predicted molar refractivity (Wildman–Crippen MR) is 71.9 cm³/mol. The summed E-state index contributed by atoms with van der Waals surface area (Å²) in [5, 5.41) is 6.28. The molecule has 0 saturated heterocycles. The van der Waals surface area contributed by atoms with Crippen LogP contribution in [0.3, 0.4) is 0 Å². The van der Waals surface area contributed by atoms with Crippen LogP contribution in [0.4, 0.5) is 5.69 Å². The summed E-state index contributed by atoms with van der Waals surface area (Å²) in [5.41, 5.74) is 1.72. The van der Waals surface area contributed by atoms with Gasteiger partial charge in [-0.15, -0.1) is 0 Å². The Morgan fingerprint density at radius 1 is 1.39 bits per heavy atom. The number of carbonyl (C=O) groups is 1. The third-order valence-corrected chi connectivity index (χ3v) is 2.89. The number of hydrogen-bond acceptors (Lipinski definition) is 3. The van der Waals surface area contributed by atoms with Crippen molar-refractivity contribution in [3.8, 4) is 0 Å². The van der Waals surface area contributed by atoms with Crippen LogP contribution >= 0.6 is 0 Å². The van der Waals surface area contributed by atoms with Gasteiger partial charge in [-0.3, -0.25) is 4.79 Å². The number of nitrogens with one attached hydrogen (secondary N) is 2. The van der Waals surface area contributed by atoms with Crippen LogP contribution in [0.25, 0.3) is 0 Å². The van der Waals surface area contributed by atoms with Crippen molar-refractivity contribution in [1.82, 2.24) is 5.32 Å². The molecule has 2 N–H and O–H groups in total. The number of methoxy groups -OCH3 is 1. The number of amides is 1. The summed E-state index contributed by atoms with van der Waals surface area (Å²) in [6.45, 7) is 2.71. The molecule has 4 nitrogen and oxygen atoms in total. The van der Waals surface area contributed by atoms with Gasteiger partial charge in [0.1, 0.15) is 0 Å². The first-order valence-electron chi connectivity index (χ1n) is 6.35. The van der Waals surface area contributed by atoms with E-state index in [0.29, 0.717) is 18.2 Å². The van der Waals surface area contributed by atoms with Crippen molar-refractivity contribution in [1.29, 1.82) is 0 Å². The molecule has 0 bridgehead atoms. The highest BCUT2D eigenvalue weighted by atomic mass is 16.5. The number of carbonyl (C=O) groups excluding carboxylic acids is 1. The van der Waals surface area contributed by atoms with E-state index in [1.807, 2.05) is 24.3 Å². The molecule has 1 atom stereocenters. The first-order valence-corrected chi connectivity index (χ1v) is 6.35. The van der Waals surface area contributed by atoms with Crippen molar-refractivity contribution < 1.29 is 9.53 Å². The summed E-state index contributed by atoms with van der Waals surface area (Å²) in [6, 6.07) is 8.19. The number of rotatable bonds is 6. The molecule has 1 aromatic carbocycles. The van der Waals surface area contributed by atoms with E-state index in [0.717, 1.165) is 18.5 Å². The highest BCUT2D eigenvalue weighted by molar-refractivity contribution is 5.94. The second kappa shape index (κ2) is 5.87. The Hall–Kier alpha value is -1.55. The van der Waals surface area contributed by atoms with Gasteiger partial charge in [0, 0.05) is 30.4 Å². The molecule has 0 aliphatic heterocycles. The van der Waals surface area contributed by atoms with Gasteiger partial charge in [0.2, 0.25) is 0 Å². The normalized spacial score (nSPS) is 16.1. The molecule has 98 valence electrons. The summed E-state index contributed by atoms with van der Waals surface area (Å²) < 4.78 is 5.06. The third kappa shape index (κ3) is 3.74. The molecule has 0 aromatic heterocycles. The summed E-state index contributed by atoms with van der Waals surface area (Å²) >= 11 is 0. The van der Waals surface area contributed by atoms with Gasteiger partial charge in [0.05, 0.1) is 6.61 Å². The van der Waals surface area contributed by atoms with Crippen molar-refractivity contribution in [2.24, 2.45) is 0 Å². The molecule has 0 heterocycles. The van der Waals surface area contributed by atoms with Crippen LogP contribution < -0.4 is 10.6 Å². The van der Waals surface area contributed by atoms with E-state index in [1.54, 1.807) is 7.11 Å². The zero-order valence-electron chi connectivity index (χ0n) is 10.9. The van der Waals surface area contributed by atoms with Crippen LogP contribution in [-0.2, 0) is 4.74 Å². The molecule has 1 fully saturated rings. The lowest BCUT2D eigenvalue weighted by Crippen LogP contribution is -2.25. The summed E-state index contributed by atoms with van der Waals surface area (Å²) in [6.07, 6.45) is 2.22. The Morgan fingerprint density at radius 2 is 2.06 bits per heavy atom. The lowest BCUT2D eigenvalue weighted by molar-refractivity contribution is 0.0951. The molecule has 0 radical (unpaired) electrons. The molecule has 1 saturated carbocycles. The first-order chi connectivity index (χ1) is 8.69. The van der Waals surface area contributed by atoms with E-state index in [2.05, 4.69) is 17.6 Å². The van der Waals surface area contributed by atoms with Crippen molar-refractivity contribution in [3.05, 3.63) is 29.8 Å². The molecule has 1 aromatic rings. The van der Waals surface area contributed by atoms with E-state index in [4.69, 9.17) is 4.74 Å². The van der Waals surface area contributed by atoms with E-state index >= 15 is 0 Å². The minimum atomic E-state index is 0.0222. The largest absolute Gasteiger partial charge is 0.383 e. The first kappa shape index (κ1) is 12.9. The van der Waals surface area contributed by atoms with E-state index < -0.39 is 0 Å². The van der Waals surface area contributed by atoms with Gasteiger partial charge in [-0.1, -0.05) is 0 Å². The Kier molecular flexibility index (Phi) is 4.20. The van der Waals surface area contributed by atoms with E-state index in [1.165, 1.54) is 0 Å². The zero-order valence-corrected chi connectivity index (χ0v) is 10.9. The topological polar surface area (TPSA) is 50.4 Å². The van der Waals surface area contributed by atoms with Crippen LogP contribution in [0, 0.1) is 0 Å². The van der Waals surface area contributed by atoms with Gasteiger partial charge >= 0.3 is 0 Å². The molecule has 1 amide bonds. The van der Waals surface area contributed by atoms with Crippen molar-refractivity contribution in [3.63, 3.8) is 0 Å². The van der Waals surface area contributed by atoms with Gasteiger partial charge < -0.3 is 15.4 Å². The molecule has 1 aliphatic rings. The Labute approximate surface area is 108 Å². The maximum atomic E-state index is 11.8. The van der Waals surface area contributed by atoms with E-state index in [-0.39, 0.29) is 11.9 Å². The Bertz CT molecular complexity index is 399. The van der Waals surface area contributed by atoms with Crippen LogP contribution in [0.2, 0.25) is 0 Å². The van der Waals surface area contributed by atoms with Crippen LogP contribution in [0.15, 0.2) is 24.3 Å². The maximum Gasteiger partial charge on any atom is 0.251 e. The Morgan fingerprint density at radius 3 is 2.61 bits per heavy atom. The SMILES string of the molecule is COCC(C)Nc1ccc(C(=O)NC2CC2)cc1. The number of anilines is 1. The highest BCUT2D eigenvalue weighted by Crippen LogP contribution is 2.19. The van der Waals surface area contributed by atoms with E-state index in [9.17, 15) is 4.79 Å². The highest BCUT2D eigenvalue weighted by Gasteiger charge is 2.23. The predicted octanol–water partition coefficient (Wildman–Crippen LogP) is 2.03. The van der Waals surface area contributed by atoms with Crippen molar-refractivity contribution >= 4 is 11.6 Å². The fraction of sp³-hybridized carbons (Fsp3) is 0.500. The molecule has 1 aliphatic carbocycles. The standard InChI is InChI=1S/C14H20N2O2/c1-10(9-18-2)15-12-5-3-11(4-6-12)14(17)16-13-7-8-13/h3-6,10,13,15H,7-9H2,1-2H3,(H,16,17). The quantitative estimate of drug-likeness (QED) is 0.810. The second-order valence-corrected chi connectivity index (χ2v) is 4.83. The molecule has 1 unspecified atom stereocenters. The summed E-state index contributed by atoms with van der Waals surface area (Å²) in [7, 11) is 1.68. The number of ether oxygens (including phenoxy) is 1. The monoisotopic (exact) mass is 248 g/mol. The molecule has 0 spiro atoms. The summed E-state index contributed by atoms with van der Waals surface area (Å²) in [5.74, 6) is 0.0222. The average molecular weight is 248 g/mol. The van der Waals surface area contributed by atoms with Gasteiger partial charge in [-0.05, 0) is 44.0 Å². The maximum absolute atomic E-state index is 11.8. The minimum absolute atomic E-state index is 0.0222. The zero-order chi connectivity index (χ0) is 13.0. The fourth-order valence-electron chi connectivity index (χ4n) is 1.79.